The van der Waals surface area contributed by atoms with Gasteiger partial charge in [0.15, 0.2) is 11.7 Å². The number of hydrogen-bond acceptors (Lipinski definition) is 4. The number of rotatable bonds is 7. The number of furan rings is 1. The van der Waals surface area contributed by atoms with Gasteiger partial charge in [-0.15, -0.1) is 24.0 Å². The van der Waals surface area contributed by atoms with Gasteiger partial charge in [0, 0.05) is 26.2 Å². The molecule has 1 unspecified atom stereocenters. The molecule has 1 fully saturated rings. The third-order valence-electron chi connectivity index (χ3n) is 4.79. The summed E-state index contributed by atoms with van der Waals surface area (Å²) in [4.78, 5) is 17.9. The topological polar surface area (TPSA) is 95.9 Å². The molecule has 0 bridgehead atoms. The highest BCUT2D eigenvalue weighted by molar-refractivity contribution is 14.0. The van der Waals surface area contributed by atoms with Crippen LogP contribution in [-0.4, -0.2) is 42.9 Å². The highest BCUT2D eigenvalue weighted by atomic mass is 127. The minimum atomic E-state index is -0.566. The molecule has 2 heterocycles. The van der Waals surface area contributed by atoms with Crippen molar-refractivity contribution in [3.63, 3.8) is 0 Å². The van der Waals surface area contributed by atoms with Crippen molar-refractivity contribution in [2.75, 3.05) is 20.1 Å². The molecule has 1 aliphatic heterocycles. The standard InChI is InChI=1S/C20H27N5O2.HI/c1-22-20(24-13-17-9-10-18(27-17)19(21)26)23-12-16-8-5-11-25(16)14-15-6-3-2-4-7-15;/h2-4,6-7,9-10,16H,5,8,11-14H2,1H3,(H2,21,26)(H2,22,23,24);1H. The molecule has 152 valence electrons. The van der Waals surface area contributed by atoms with E-state index in [-0.39, 0.29) is 29.7 Å². The van der Waals surface area contributed by atoms with E-state index in [0.717, 1.165) is 19.6 Å². The number of primary amides is 1. The number of aliphatic imine (C=N–C) groups is 1. The Morgan fingerprint density at radius 3 is 2.71 bits per heavy atom. The number of benzene rings is 1. The number of amides is 1. The van der Waals surface area contributed by atoms with Crippen molar-refractivity contribution >= 4 is 35.8 Å². The van der Waals surface area contributed by atoms with E-state index in [0.29, 0.717) is 24.3 Å². The Kier molecular flexibility index (Phi) is 8.78. The van der Waals surface area contributed by atoms with Crippen LogP contribution in [0.25, 0.3) is 0 Å². The van der Waals surface area contributed by atoms with E-state index >= 15 is 0 Å². The van der Waals surface area contributed by atoms with Gasteiger partial charge in [0.1, 0.15) is 5.76 Å². The molecule has 28 heavy (non-hydrogen) atoms. The van der Waals surface area contributed by atoms with Crippen LogP contribution in [0.4, 0.5) is 0 Å². The predicted molar refractivity (Wildman–Crippen MR) is 121 cm³/mol. The summed E-state index contributed by atoms with van der Waals surface area (Å²) in [6, 6.07) is 14.4. The van der Waals surface area contributed by atoms with Crippen LogP contribution in [0.5, 0.6) is 0 Å². The highest BCUT2D eigenvalue weighted by Gasteiger charge is 2.24. The third kappa shape index (κ3) is 6.23. The first-order chi connectivity index (χ1) is 13.2. The minimum Gasteiger partial charge on any atom is -0.454 e. The SMILES string of the molecule is CN=C(NCc1ccc(C(N)=O)o1)NCC1CCCN1Cc1ccccc1.I. The van der Waals surface area contributed by atoms with Gasteiger partial charge in [-0.3, -0.25) is 14.7 Å². The average molecular weight is 497 g/mol. The molecule has 1 aromatic heterocycles. The first-order valence-electron chi connectivity index (χ1n) is 9.26. The Hall–Kier alpha value is -2.07. The number of nitrogens with zero attached hydrogens (tertiary/aromatic N) is 2. The van der Waals surface area contributed by atoms with Crippen molar-refractivity contribution in [3.8, 4) is 0 Å². The van der Waals surface area contributed by atoms with Crippen LogP contribution in [0.3, 0.4) is 0 Å². The van der Waals surface area contributed by atoms with E-state index in [1.807, 2.05) is 6.07 Å². The molecule has 4 N–H and O–H groups in total. The summed E-state index contributed by atoms with van der Waals surface area (Å²) >= 11 is 0. The van der Waals surface area contributed by atoms with E-state index in [2.05, 4.69) is 44.8 Å². The molecule has 8 heteroatoms. The monoisotopic (exact) mass is 497 g/mol. The van der Waals surface area contributed by atoms with E-state index in [9.17, 15) is 4.79 Å². The number of carbonyl (C=O) groups is 1. The van der Waals surface area contributed by atoms with Gasteiger partial charge in [0.25, 0.3) is 5.91 Å². The quantitative estimate of drug-likeness (QED) is 0.310. The molecule has 1 amide bonds. The normalized spacial score (nSPS) is 17.2. The molecule has 0 spiro atoms. The highest BCUT2D eigenvalue weighted by Crippen LogP contribution is 2.19. The number of nitrogens with one attached hydrogen (secondary N) is 2. The first-order valence-corrected chi connectivity index (χ1v) is 9.26. The van der Waals surface area contributed by atoms with Crippen LogP contribution in [-0.2, 0) is 13.1 Å². The van der Waals surface area contributed by atoms with Gasteiger partial charge in [-0.2, -0.15) is 0 Å². The second-order valence-electron chi connectivity index (χ2n) is 6.69. The summed E-state index contributed by atoms with van der Waals surface area (Å²) < 4.78 is 5.37. The lowest BCUT2D eigenvalue weighted by atomic mass is 10.2. The summed E-state index contributed by atoms with van der Waals surface area (Å²) in [7, 11) is 1.74. The van der Waals surface area contributed by atoms with E-state index in [1.54, 1.807) is 19.2 Å². The lowest BCUT2D eigenvalue weighted by Gasteiger charge is -2.25. The summed E-state index contributed by atoms with van der Waals surface area (Å²) in [5, 5.41) is 6.59. The van der Waals surface area contributed by atoms with E-state index in [1.165, 1.54) is 18.4 Å². The van der Waals surface area contributed by atoms with Crippen molar-refractivity contribution in [2.24, 2.45) is 10.7 Å². The molecule has 1 atom stereocenters. The molecule has 2 aromatic rings. The Bertz CT molecular complexity index is 778. The van der Waals surface area contributed by atoms with Gasteiger partial charge >= 0.3 is 0 Å². The zero-order chi connectivity index (χ0) is 19.1. The van der Waals surface area contributed by atoms with Gasteiger partial charge in [-0.25, -0.2) is 0 Å². The maximum Gasteiger partial charge on any atom is 0.284 e. The zero-order valence-electron chi connectivity index (χ0n) is 16.1. The van der Waals surface area contributed by atoms with Crippen molar-refractivity contribution < 1.29 is 9.21 Å². The fourth-order valence-electron chi connectivity index (χ4n) is 3.36. The van der Waals surface area contributed by atoms with Crippen molar-refractivity contribution in [2.45, 2.75) is 32.0 Å². The van der Waals surface area contributed by atoms with Crippen molar-refractivity contribution in [1.82, 2.24) is 15.5 Å². The second kappa shape index (κ2) is 11.1. The van der Waals surface area contributed by atoms with Crippen molar-refractivity contribution in [1.29, 1.82) is 0 Å². The summed E-state index contributed by atoms with van der Waals surface area (Å²) in [6.45, 7) is 3.36. The van der Waals surface area contributed by atoms with Gasteiger partial charge < -0.3 is 20.8 Å². The fourth-order valence-corrected chi connectivity index (χ4v) is 3.36. The Morgan fingerprint density at radius 1 is 1.25 bits per heavy atom. The van der Waals surface area contributed by atoms with Gasteiger partial charge in [0.2, 0.25) is 0 Å². The summed E-state index contributed by atoms with van der Waals surface area (Å²) in [6.07, 6.45) is 2.39. The molecule has 0 saturated carbocycles. The first kappa shape index (κ1) is 22.2. The van der Waals surface area contributed by atoms with Crippen molar-refractivity contribution in [3.05, 3.63) is 59.5 Å². The van der Waals surface area contributed by atoms with Crippen LogP contribution < -0.4 is 16.4 Å². The van der Waals surface area contributed by atoms with Gasteiger partial charge in [0.05, 0.1) is 6.54 Å². The molecule has 7 nitrogen and oxygen atoms in total. The number of hydrogen-bond donors (Lipinski definition) is 3. The Balaban J connectivity index is 0.00000280. The average Bonchev–Trinajstić information content (AvgIpc) is 3.32. The van der Waals surface area contributed by atoms with Crippen LogP contribution in [0.1, 0.15) is 34.7 Å². The minimum absolute atomic E-state index is 0. The number of carbonyl (C=O) groups excluding carboxylic acids is 1. The number of guanidine groups is 1. The van der Waals surface area contributed by atoms with Crippen LogP contribution in [0.15, 0.2) is 51.9 Å². The van der Waals surface area contributed by atoms with Crippen LogP contribution >= 0.6 is 24.0 Å². The molecule has 3 rings (SSSR count). The molecule has 1 aliphatic rings. The number of halogens is 1. The Labute approximate surface area is 182 Å². The van der Waals surface area contributed by atoms with E-state index < -0.39 is 5.91 Å². The van der Waals surface area contributed by atoms with Gasteiger partial charge in [-0.1, -0.05) is 30.3 Å². The molecule has 0 aliphatic carbocycles. The Morgan fingerprint density at radius 2 is 2.04 bits per heavy atom. The largest absolute Gasteiger partial charge is 0.454 e. The molecule has 1 aromatic carbocycles. The van der Waals surface area contributed by atoms with Gasteiger partial charge in [-0.05, 0) is 37.1 Å². The third-order valence-corrected chi connectivity index (χ3v) is 4.79. The van der Waals surface area contributed by atoms with E-state index in [4.69, 9.17) is 10.2 Å². The second-order valence-corrected chi connectivity index (χ2v) is 6.69. The summed E-state index contributed by atoms with van der Waals surface area (Å²) in [5.74, 6) is 0.942. The lowest BCUT2D eigenvalue weighted by Crippen LogP contribution is -2.44. The summed E-state index contributed by atoms with van der Waals surface area (Å²) in [5.41, 5.74) is 6.54. The number of nitrogens with two attached hydrogens (primary N) is 1. The predicted octanol–water partition coefficient (Wildman–Crippen LogP) is 2.33. The van der Waals surface area contributed by atoms with Crippen LogP contribution in [0.2, 0.25) is 0 Å². The molecular weight excluding hydrogens is 469 g/mol. The lowest BCUT2D eigenvalue weighted by molar-refractivity contribution is 0.0972. The zero-order valence-corrected chi connectivity index (χ0v) is 18.4. The fraction of sp³-hybridized carbons (Fsp3) is 0.400. The maximum absolute atomic E-state index is 11.1. The maximum atomic E-state index is 11.1. The van der Waals surface area contributed by atoms with Crippen LogP contribution in [0, 0.1) is 0 Å². The smallest absolute Gasteiger partial charge is 0.284 e. The molecule has 0 radical (unpaired) electrons. The molecule has 1 saturated heterocycles. The molecular formula is C20H28IN5O2. The number of likely N-dealkylation sites (tertiary alicyclic amines) is 1.